The standard InChI is InChI=1S/C17H14Cl3NO5S/c18-12-2-4-13(5-3-12)27(24,25)21-8-7-17(23)26-10-16(22)11-1-6-14(19)15(20)9-11/h1-6,9,21H,7-8,10H2. The van der Waals surface area contributed by atoms with Gasteiger partial charge >= 0.3 is 5.97 Å². The van der Waals surface area contributed by atoms with Gasteiger partial charge in [-0.1, -0.05) is 34.8 Å². The fraction of sp³-hybridized carbons (Fsp3) is 0.176. The number of halogens is 3. The number of hydrogen-bond acceptors (Lipinski definition) is 5. The van der Waals surface area contributed by atoms with Crippen molar-refractivity contribution in [2.45, 2.75) is 11.3 Å². The predicted octanol–water partition coefficient (Wildman–Crippen LogP) is 3.74. The number of benzene rings is 2. The Morgan fingerprint density at radius 1 is 0.963 bits per heavy atom. The minimum absolute atomic E-state index is 0.0232. The molecule has 0 aliphatic rings. The zero-order valence-electron chi connectivity index (χ0n) is 13.7. The molecule has 0 radical (unpaired) electrons. The quantitative estimate of drug-likeness (QED) is 0.489. The van der Waals surface area contributed by atoms with Crippen molar-refractivity contribution in [3.63, 3.8) is 0 Å². The number of ketones is 1. The van der Waals surface area contributed by atoms with Crippen LogP contribution < -0.4 is 4.72 Å². The number of carbonyl (C=O) groups is 2. The van der Waals surface area contributed by atoms with Crippen molar-refractivity contribution in [2.75, 3.05) is 13.2 Å². The molecule has 0 aliphatic carbocycles. The van der Waals surface area contributed by atoms with Gasteiger partial charge in [0.05, 0.1) is 21.4 Å². The zero-order valence-corrected chi connectivity index (χ0v) is 16.8. The molecule has 0 bridgehead atoms. The van der Waals surface area contributed by atoms with Crippen LogP contribution >= 0.6 is 34.8 Å². The van der Waals surface area contributed by atoms with Crippen molar-refractivity contribution in [1.29, 1.82) is 0 Å². The van der Waals surface area contributed by atoms with E-state index in [1.165, 1.54) is 42.5 Å². The Labute approximate surface area is 171 Å². The van der Waals surface area contributed by atoms with Crippen LogP contribution in [-0.2, 0) is 19.6 Å². The van der Waals surface area contributed by atoms with Crippen molar-refractivity contribution >= 4 is 56.6 Å². The van der Waals surface area contributed by atoms with Crippen molar-refractivity contribution < 1.29 is 22.7 Å². The summed E-state index contributed by atoms with van der Waals surface area (Å²) < 4.78 is 31.2. The summed E-state index contributed by atoms with van der Waals surface area (Å²) >= 11 is 17.3. The van der Waals surface area contributed by atoms with Gasteiger partial charge in [0.25, 0.3) is 0 Å². The highest BCUT2D eigenvalue weighted by atomic mass is 35.5. The van der Waals surface area contributed by atoms with E-state index in [1.807, 2.05) is 0 Å². The highest BCUT2D eigenvalue weighted by molar-refractivity contribution is 7.89. The highest BCUT2D eigenvalue weighted by Gasteiger charge is 2.15. The fourth-order valence-corrected chi connectivity index (χ4v) is 3.41. The summed E-state index contributed by atoms with van der Waals surface area (Å²) in [5, 5.41) is 0.924. The molecule has 2 rings (SSSR count). The second-order valence-electron chi connectivity index (χ2n) is 5.31. The summed E-state index contributed by atoms with van der Waals surface area (Å²) in [6, 6.07) is 9.88. The zero-order chi connectivity index (χ0) is 20.0. The third kappa shape index (κ3) is 6.48. The van der Waals surface area contributed by atoms with Gasteiger partial charge in [0, 0.05) is 17.1 Å². The second-order valence-corrected chi connectivity index (χ2v) is 8.33. The van der Waals surface area contributed by atoms with Crippen LogP contribution in [0.1, 0.15) is 16.8 Å². The number of sulfonamides is 1. The molecule has 0 aliphatic heterocycles. The molecule has 27 heavy (non-hydrogen) atoms. The summed E-state index contributed by atoms with van der Waals surface area (Å²) in [6.45, 7) is -0.661. The predicted molar refractivity (Wildman–Crippen MR) is 103 cm³/mol. The maximum absolute atomic E-state index is 12.1. The van der Waals surface area contributed by atoms with Crippen molar-refractivity contribution in [3.8, 4) is 0 Å². The van der Waals surface area contributed by atoms with Gasteiger partial charge in [-0.25, -0.2) is 13.1 Å². The first kappa shape index (κ1) is 21.7. The monoisotopic (exact) mass is 449 g/mol. The summed E-state index contributed by atoms with van der Waals surface area (Å²) in [5.74, 6) is -1.18. The molecule has 0 aromatic heterocycles. The number of Topliss-reactive ketones (excluding diaryl/α,β-unsaturated/α-hetero) is 1. The summed E-state index contributed by atoms with van der Waals surface area (Å²) in [6.07, 6.45) is -0.235. The number of carbonyl (C=O) groups excluding carboxylic acids is 2. The van der Waals surface area contributed by atoms with Crippen LogP contribution in [0.5, 0.6) is 0 Å². The number of hydrogen-bond donors (Lipinski definition) is 1. The molecule has 0 fully saturated rings. The third-order valence-electron chi connectivity index (χ3n) is 3.35. The van der Waals surface area contributed by atoms with Crippen LogP contribution in [0.15, 0.2) is 47.4 Å². The lowest BCUT2D eigenvalue weighted by Gasteiger charge is -2.07. The SMILES string of the molecule is O=C(CCNS(=O)(=O)c1ccc(Cl)cc1)OCC(=O)c1ccc(Cl)c(Cl)c1. The summed E-state index contributed by atoms with van der Waals surface area (Å²) in [7, 11) is -3.77. The molecular weight excluding hydrogens is 437 g/mol. The molecule has 0 unspecified atom stereocenters. The molecule has 2 aromatic carbocycles. The lowest BCUT2D eigenvalue weighted by molar-refractivity contribution is -0.142. The molecule has 0 spiro atoms. The van der Waals surface area contributed by atoms with Crippen LogP contribution in [0.25, 0.3) is 0 Å². The number of ether oxygens (including phenoxy) is 1. The Balaban J connectivity index is 1.79. The summed E-state index contributed by atoms with van der Waals surface area (Å²) in [4.78, 5) is 23.7. The first-order valence-corrected chi connectivity index (χ1v) is 10.2. The molecule has 144 valence electrons. The largest absolute Gasteiger partial charge is 0.457 e. The van der Waals surface area contributed by atoms with E-state index in [4.69, 9.17) is 39.5 Å². The van der Waals surface area contributed by atoms with Crippen LogP contribution in [-0.4, -0.2) is 33.3 Å². The van der Waals surface area contributed by atoms with Crippen molar-refractivity contribution in [2.24, 2.45) is 0 Å². The van der Waals surface area contributed by atoms with E-state index < -0.39 is 28.4 Å². The van der Waals surface area contributed by atoms with Gasteiger partial charge in [-0.2, -0.15) is 0 Å². The van der Waals surface area contributed by atoms with Gasteiger partial charge in [0.15, 0.2) is 12.4 Å². The Morgan fingerprint density at radius 3 is 2.26 bits per heavy atom. The average Bonchev–Trinajstić information content (AvgIpc) is 2.62. The van der Waals surface area contributed by atoms with Crippen LogP contribution in [0, 0.1) is 0 Å². The van der Waals surface area contributed by atoms with E-state index in [9.17, 15) is 18.0 Å². The Bertz CT molecular complexity index is 946. The second kappa shape index (κ2) is 9.52. The topological polar surface area (TPSA) is 89.5 Å². The maximum atomic E-state index is 12.1. The van der Waals surface area contributed by atoms with Gasteiger partial charge < -0.3 is 4.74 Å². The molecule has 0 saturated heterocycles. The molecular formula is C17H14Cl3NO5S. The van der Waals surface area contributed by atoms with Crippen LogP contribution in [0.3, 0.4) is 0 Å². The smallest absolute Gasteiger partial charge is 0.307 e. The van der Waals surface area contributed by atoms with Crippen molar-refractivity contribution in [1.82, 2.24) is 4.72 Å². The molecule has 0 amide bonds. The molecule has 0 heterocycles. The van der Waals surface area contributed by atoms with Gasteiger partial charge in [0.2, 0.25) is 10.0 Å². The summed E-state index contributed by atoms with van der Waals surface area (Å²) in [5.41, 5.74) is 0.251. The van der Waals surface area contributed by atoms with Gasteiger partial charge in [-0.05, 0) is 42.5 Å². The maximum Gasteiger partial charge on any atom is 0.307 e. The van der Waals surface area contributed by atoms with Crippen LogP contribution in [0.2, 0.25) is 15.1 Å². The van der Waals surface area contributed by atoms with E-state index in [-0.39, 0.29) is 28.4 Å². The van der Waals surface area contributed by atoms with Gasteiger partial charge in [-0.3, -0.25) is 9.59 Å². The molecule has 6 nitrogen and oxygen atoms in total. The number of rotatable bonds is 8. The Kier molecular flexibility index (Phi) is 7.64. The average molecular weight is 451 g/mol. The molecule has 10 heteroatoms. The molecule has 0 saturated carbocycles. The number of esters is 1. The van der Waals surface area contributed by atoms with Crippen molar-refractivity contribution in [3.05, 3.63) is 63.1 Å². The first-order valence-electron chi connectivity index (χ1n) is 7.58. The minimum Gasteiger partial charge on any atom is -0.457 e. The van der Waals surface area contributed by atoms with E-state index in [0.717, 1.165) is 0 Å². The van der Waals surface area contributed by atoms with E-state index in [1.54, 1.807) is 0 Å². The lowest BCUT2D eigenvalue weighted by Crippen LogP contribution is -2.27. The van der Waals surface area contributed by atoms with Gasteiger partial charge in [0.1, 0.15) is 0 Å². The molecule has 2 aromatic rings. The van der Waals surface area contributed by atoms with Crippen LogP contribution in [0.4, 0.5) is 0 Å². The Hall–Kier alpha value is -1.64. The van der Waals surface area contributed by atoms with E-state index >= 15 is 0 Å². The fourth-order valence-electron chi connectivity index (χ4n) is 1.96. The van der Waals surface area contributed by atoms with E-state index in [0.29, 0.717) is 10.0 Å². The van der Waals surface area contributed by atoms with Gasteiger partial charge in [-0.15, -0.1) is 0 Å². The lowest BCUT2D eigenvalue weighted by atomic mass is 10.1. The minimum atomic E-state index is -3.77. The normalized spacial score (nSPS) is 11.2. The molecule has 1 N–H and O–H groups in total. The Morgan fingerprint density at radius 2 is 1.63 bits per heavy atom. The van der Waals surface area contributed by atoms with E-state index in [2.05, 4.69) is 4.72 Å². The first-order chi connectivity index (χ1) is 12.7. The molecule has 0 atom stereocenters. The highest BCUT2D eigenvalue weighted by Crippen LogP contribution is 2.22. The third-order valence-corrected chi connectivity index (χ3v) is 5.82. The number of nitrogens with one attached hydrogen (secondary N) is 1.